The normalized spacial score (nSPS) is 18.3. The molecule has 3 rings (SSSR count). The molecule has 2 aromatic rings. The van der Waals surface area contributed by atoms with Gasteiger partial charge in [-0.25, -0.2) is 9.97 Å². The van der Waals surface area contributed by atoms with Gasteiger partial charge in [0.15, 0.2) is 5.13 Å². The minimum atomic E-state index is -0.238. The summed E-state index contributed by atoms with van der Waals surface area (Å²) in [5.41, 5.74) is 0.836. The molecular weight excluding hydrogens is 328 g/mol. The highest BCUT2D eigenvalue weighted by atomic mass is 32.1. The van der Waals surface area contributed by atoms with Crippen molar-refractivity contribution in [3.8, 4) is 0 Å². The SMILES string of the molecule is COC(=O)CN1CCOC(c2cccc(Nc3ncc(C)s3)n2)C1. The molecule has 0 aromatic carbocycles. The molecule has 1 atom stereocenters. The maximum atomic E-state index is 11.4. The van der Waals surface area contributed by atoms with Gasteiger partial charge in [-0.15, -0.1) is 11.3 Å². The van der Waals surface area contributed by atoms with Crippen molar-refractivity contribution in [1.29, 1.82) is 0 Å². The molecule has 1 unspecified atom stereocenters. The first-order chi connectivity index (χ1) is 11.6. The Morgan fingerprint density at radius 2 is 2.42 bits per heavy atom. The highest BCUT2D eigenvalue weighted by Crippen LogP contribution is 2.24. The van der Waals surface area contributed by atoms with Crippen LogP contribution in [0, 0.1) is 6.92 Å². The van der Waals surface area contributed by atoms with Crippen molar-refractivity contribution in [2.45, 2.75) is 13.0 Å². The van der Waals surface area contributed by atoms with Crippen LogP contribution in [0.4, 0.5) is 10.9 Å². The lowest BCUT2D eigenvalue weighted by Gasteiger charge is -2.31. The molecule has 0 amide bonds. The Hall–Kier alpha value is -2.03. The fourth-order valence-corrected chi connectivity index (χ4v) is 3.17. The number of nitrogens with zero attached hydrogens (tertiary/aromatic N) is 3. The van der Waals surface area contributed by atoms with Crippen molar-refractivity contribution in [2.75, 3.05) is 38.7 Å². The molecule has 0 aliphatic carbocycles. The zero-order valence-electron chi connectivity index (χ0n) is 13.7. The van der Waals surface area contributed by atoms with E-state index in [1.165, 1.54) is 7.11 Å². The lowest BCUT2D eigenvalue weighted by Crippen LogP contribution is -2.41. The predicted molar refractivity (Wildman–Crippen MR) is 91.5 cm³/mol. The largest absolute Gasteiger partial charge is 0.468 e. The van der Waals surface area contributed by atoms with E-state index in [9.17, 15) is 4.79 Å². The zero-order valence-corrected chi connectivity index (χ0v) is 14.5. The van der Waals surface area contributed by atoms with E-state index in [0.29, 0.717) is 19.7 Å². The van der Waals surface area contributed by atoms with Crippen LogP contribution in [0.3, 0.4) is 0 Å². The Bertz CT molecular complexity index is 706. The molecule has 0 spiro atoms. The second-order valence-electron chi connectivity index (χ2n) is 5.52. The van der Waals surface area contributed by atoms with Crippen LogP contribution in [0.1, 0.15) is 16.7 Å². The number of anilines is 2. The summed E-state index contributed by atoms with van der Waals surface area (Å²) in [5.74, 6) is 0.494. The van der Waals surface area contributed by atoms with E-state index in [4.69, 9.17) is 9.47 Å². The van der Waals surface area contributed by atoms with Crippen LogP contribution in [0.5, 0.6) is 0 Å². The Kier molecular flexibility index (Phi) is 5.39. The third kappa shape index (κ3) is 4.28. The number of rotatable bonds is 5. The minimum Gasteiger partial charge on any atom is -0.468 e. The molecule has 1 aliphatic rings. The maximum Gasteiger partial charge on any atom is 0.319 e. The summed E-state index contributed by atoms with van der Waals surface area (Å²) in [4.78, 5) is 23.5. The van der Waals surface area contributed by atoms with Crippen molar-refractivity contribution in [1.82, 2.24) is 14.9 Å². The van der Waals surface area contributed by atoms with Gasteiger partial charge in [-0.3, -0.25) is 9.69 Å². The minimum absolute atomic E-state index is 0.164. The summed E-state index contributed by atoms with van der Waals surface area (Å²) in [7, 11) is 1.40. The average Bonchev–Trinajstić information content (AvgIpc) is 3.00. The second kappa shape index (κ2) is 7.69. The van der Waals surface area contributed by atoms with Crippen LogP contribution in [0.2, 0.25) is 0 Å². The van der Waals surface area contributed by atoms with Crippen LogP contribution in [-0.4, -0.2) is 54.2 Å². The Morgan fingerprint density at radius 1 is 1.54 bits per heavy atom. The van der Waals surface area contributed by atoms with E-state index in [1.807, 2.05) is 36.2 Å². The smallest absolute Gasteiger partial charge is 0.319 e. The summed E-state index contributed by atoms with van der Waals surface area (Å²) in [6, 6.07) is 5.77. The van der Waals surface area contributed by atoms with Gasteiger partial charge < -0.3 is 14.8 Å². The summed E-state index contributed by atoms with van der Waals surface area (Å²) in [5, 5.41) is 4.02. The summed E-state index contributed by atoms with van der Waals surface area (Å²) in [6.07, 6.45) is 1.66. The predicted octanol–water partition coefficient (Wildman–Crippen LogP) is 2.14. The topological polar surface area (TPSA) is 76.6 Å². The molecule has 1 saturated heterocycles. The van der Waals surface area contributed by atoms with Crippen LogP contribution >= 0.6 is 11.3 Å². The van der Waals surface area contributed by atoms with Crippen LogP contribution in [0.25, 0.3) is 0 Å². The number of carbonyl (C=O) groups is 1. The number of hydrogen-bond donors (Lipinski definition) is 1. The van der Waals surface area contributed by atoms with Gasteiger partial charge in [-0.1, -0.05) is 6.07 Å². The number of pyridine rings is 1. The summed E-state index contributed by atoms with van der Waals surface area (Å²) >= 11 is 1.58. The fourth-order valence-electron chi connectivity index (χ4n) is 2.49. The lowest BCUT2D eigenvalue weighted by atomic mass is 10.2. The number of ether oxygens (including phenoxy) is 2. The van der Waals surface area contributed by atoms with Crippen molar-refractivity contribution in [2.24, 2.45) is 0 Å². The molecule has 3 heterocycles. The number of methoxy groups -OCH3 is 1. The molecular formula is C16H20N4O3S. The van der Waals surface area contributed by atoms with Crippen LogP contribution in [0.15, 0.2) is 24.4 Å². The molecule has 2 aromatic heterocycles. The van der Waals surface area contributed by atoms with E-state index < -0.39 is 0 Å². The molecule has 0 bridgehead atoms. The second-order valence-corrected chi connectivity index (χ2v) is 6.75. The Balaban J connectivity index is 1.67. The molecule has 8 heteroatoms. The quantitative estimate of drug-likeness (QED) is 0.830. The zero-order chi connectivity index (χ0) is 16.9. The van der Waals surface area contributed by atoms with Gasteiger partial charge >= 0.3 is 5.97 Å². The van der Waals surface area contributed by atoms with Crippen molar-refractivity contribution in [3.05, 3.63) is 35.0 Å². The third-order valence-electron chi connectivity index (χ3n) is 3.69. The highest BCUT2D eigenvalue weighted by molar-refractivity contribution is 7.15. The lowest BCUT2D eigenvalue weighted by molar-refractivity contribution is -0.144. The molecule has 7 nitrogen and oxygen atoms in total. The van der Waals surface area contributed by atoms with Gasteiger partial charge in [-0.05, 0) is 19.1 Å². The molecule has 1 fully saturated rings. The van der Waals surface area contributed by atoms with Gasteiger partial charge in [0.1, 0.15) is 11.9 Å². The number of thiazole rings is 1. The standard InChI is InChI=1S/C16H20N4O3S/c1-11-8-17-16(24-11)19-14-5-3-4-12(18-14)13-9-20(6-7-23-13)10-15(21)22-2/h3-5,8,13H,6-7,9-10H2,1-2H3,(H,17,18,19). The van der Waals surface area contributed by atoms with Gasteiger partial charge in [0, 0.05) is 24.2 Å². The highest BCUT2D eigenvalue weighted by Gasteiger charge is 2.24. The maximum absolute atomic E-state index is 11.4. The molecule has 0 radical (unpaired) electrons. The first kappa shape index (κ1) is 16.8. The number of nitrogens with one attached hydrogen (secondary N) is 1. The van der Waals surface area contributed by atoms with Crippen LogP contribution < -0.4 is 5.32 Å². The van der Waals surface area contributed by atoms with E-state index in [1.54, 1.807) is 11.3 Å². The third-order valence-corrected chi connectivity index (χ3v) is 4.52. The molecule has 0 saturated carbocycles. The summed E-state index contributed by atoms with van der Waals surface area (Å²) in [6.45, 7) is 4.17. The Labute approximate surface area is 144 Å². The number of carbonyl (C=O) groups excluding carboxylic acids is 1. The van der Waals surface area contributed by atoms with Crippen LogP contribution in [-0.2, 0) is 14.3 Å². The van der Waals surface area contributed by atoms with E-state index in [0.717, 1.165) is 21.5 Å². The number of aryl methyl sites for hydroxylation is 1. The number of esters is 1. The van der Waals surface area contributed by atoms with E-state index >= 15 is 0 Å². The number of hydrogen-bond acceptors (Lipinski definition) is 8. The first-order valence-electron chi connectivity index (χ1n) is 7.71. The van der Waals surface area contributed by atoms with Gasteiger partial charge in [-0.2, -0.15) is 0 Å². The van der Waals surface area contributed by atoms with Crippen molar-refractivity contribution < 1.29 is 14.3 Å². The van der Waals surface area contributed by atoms with E-state index in [-0.39, 0.29) is 18.6 Å². The van der Waals surface area contributed by atoms with E-state index in [2.05, 4.69) is 15.3 Å². The monoisotopic (exact) mass is 348 g/mol. The molecule has 24 heavy (non-hydrogen) atoms. The number of morpholine rings is 1. The summed E-state index contributed by atoms with van der Waals surface area (Å²) < 4.78 is 10.6. The van der Waals surface area contributed by atoms with Crippen molar-refractivity contribution in [3.63, 3.8) is 0 Å². The molecule has 1 aliphatic heterocycles. The molecule has 128 valence electrons. The van der Waals surface area contributed by atoms with Gasteiger partial charge in [0.05, 0.1) is 26.0 Å². The fraction of sp³-hybridized carbons (Fsp3) is 0.438. The van der Waals surface area contributed by atoms with Gasteiger partial charge in [0.2, 0.25) is 0 Å². The molecule has 1 N–H and O–H groups in total. The average molecular weight is 348 g/mol. The number of aromatic nitrogens is 2. The first-order valence-corrected chi connectivity index (χ1v) is 8.53. The Morgan fingerprint density at radius 3 is 3.17 bits per heavy atom. The van der Waals surface area contributed by atoms with Crippen molar-refractivity contribution >= 4 is 28.3 Å². The van der Waals surface area contributed by atoms with Gasteiger partial charge in [0.25, 0.3) is 0 Å².